The van der Waals surface area contributed by atoms with Crippen molar-refractivity contribution in [3.05, 3.63) is 64.1 Å². The Hall–Kier alpha value is -3.74. The van der Waals surface area contributed by atoms with Gasteiger partial charge < -0.3 is 10.1 Å². The number of alkyl halides is 3. The molecular formula is C23H20BrF3N6O3. The third-order valence-electron chi connectivity index (χ3n) is 5.29. The molecule has 0 atom stereocenters. The molecule has 1 N–H and O–H groups in total. The summed E-state index contributed by atoms with van der Waals surface area (Å²) < 4.78 is 46.7. The van der Waals surface area contributed by atoms with E-state index in [1.54, 1.807) is 43.5 Å². The van der Waals surface area contributed by atoms with Crippen LogP contribution in [0.4, 0.5) is 18.9 Å². The molecule has 0 aliphatic carbocycles. The molecule has 0 saturated heterocycles. The third kappa shape index (κ3) is 5.10. The SMILES string of the molecule is CCOC(=O)c1cnn2c(-c3cccc(NC(=O)CCn4nc(C(F)(F)F)c(Br)c4C)c3)ccnc12. The minimum atomic E-state index is -4.60. The van der Waals surface area contributed by atoms with Gasteiger partial charge >= 0.3 is 12.1 Å². The van der Waals surface area contributed by atoms with Gasteiger partial charge in [0.2, 0.25) is 5.91 Å². The van der Waals surface area contributed by atoms with Gasteiger partial charge in [0.1, 0.15) is 5.56 Å². The van der Waals surface area contributed by atoms with Crippen LogP contribution in [0, 0.1) is 6.92 Å². The van der Waals surface area contributed by atoms with E-state index in [0.717, 1.165) is 4.68 Å². The van der Waals surface area contributed by atoms with Crippen molar-refractivity contribution in [2.24, 2.45) is 0 Å². The van der Waals surface area contributed by atoms with Crippen molar-refractivity contribution in [1.82, 2.24) is 24.4 Å². The van der Waals surface area contributed by atoms with Gasteiger partial charge in [-0.15, -0.1) is 0 Å². The number of carbonyl (C=O) groups is 2. The number of rotatable bonds is 7. The number of aromatic nitrogens is 5. The van der Waals surface area contributed by atoms with Crippen LogP contribution in [0.1, 0.15) is 35.1 Å². The monoisotopic (exact) mass is 564 g/mol. The average molecular weight is 565 g/mol. The number of ether oxygens (including phenoxy) is 1. The number of hydrogen-bond acceptors (Lipinski definition) is 6. The highest BCUT2D eigenvalue weighted by Crippen LogP contribution is 2.35. The van der Waals surface area contributed by atoms with E-state index in [9.17, 15) is 22.8 Å². The molecule has 1 aromatic carbocycles. The minimum Gasteiger partial charge on any atom is -0.462 e. The Kier molecular flexibility index (Phi) is 7.11. The van der Waals surface area contributed by atoms with Crippen molar-refractivity contribution in [2.45, 2.75) is 33.0 Å². The molecule has 4 aromatic rings. The molecule has 0 aliphatic rings. The summed E-state index contributed by atoms with van der Waals surface area (Å²) in [6, 6.07) is 8.66. The van der Waals surface area contributed by atoms with Gasteiger partial charge in [-0.1, -0.05) is 12.1 Å². The van der Waals surface area contributed by atoms with Crippen LogP contribution in [0.15, 0.2) is 47.2 Å². The summed E-state index contributed by atoms with van der Waals surface area (Å²) >= 11 is 2.92. The lowest BCUT2D eigenvalue weighted by molar-refractivity contribution is -0.142. The largest absolute Gasteiger partial charge is 0.462 e. The molecule has 4 rings (SSSR count). The Balaban J connectivity index is 1.50. The van der Waals surface area contributed by atoms with E-state index in [-0.39, 0.29) is 35.3 Å². The number of esters is 1. The lowest BCUT2D eigenvalue weighted by Gasteiger charge is -2.10. The third-order valence-corrected chi connectivity index (χ3v) is 6.24. The molecule has 188 valence electrons. The molecule has 0 fully saturated rings. The topological polar surface area (TPSA) is 103 Å². The maximum atomic E-state index is 13.1. The number of carbonyl (C=O) groups excluding carboxylic acids is 2. The van der Waals surface area contributed by atoms with Crippen LogP contribution in [0.25, 0.3) is 16.9 Å². The van der Waals surface area contributed by atoms with Gasteiger partial charge in [-0.3, -0.25) is 9.48 Å². The minimum absolute atomic E-state index is 0.0268. The molecule has 1 amide bonds. The summed E-state index contributed by atoms with van der Waals surface area (Å²) in [6.07, 6.45) is -1.75. The molecule has 13 heteroatoms. The highest BCUT2D eigenvalue weighted by Gasteiger charge is 2.37. The first-order valence-electron chi connectivity index (χ1n) is 10.8. The standard InChI is InChI=1S/C23H20BrF3N6O3/c1-3-36-22(35)16-12-29-33-17(7-9-28-21(16)33)14-5-4-6-15(11-14)30-18(34)8-10-32-13(2)19(24)20(31-32)23(25,26)27/h4-7,9,11-12H,3,8,10H2,1-2H3,(H,30,34). The maximum Gasteiger partial charge on any atom is 0.436 e. The second-order valence-corrected chi connectivity index (χ2v) is 8.49. The van der Waals surface area contributed by atoms with Crippen LogP contribution in [-0.4, -0.2) is 42.9 Å². The zero-order valence-corrected chi connectivity index (χ0v) is 20.7. The summed E-state index contributed by atoms with van der Waals surface area (Å²) in [4.78, 5) is 28.9. The summed E-state index contributed by atoms with van der Waals surface area (Å²) in [5.41, 5.74) is 1.62. The van der Waals surface area contributed by atoms with Gasteiger partial charge in [0.25, 0.3) is 0 Å². The fraction of sp³-hybridized carbons (Fsp3) is 0.261. The van der Waals surface area contributed by atoms with Crippen molar-refractivity contribution in [2.75, 3.05) is 11.9 Å². The summed E-state index contributed by atoms with van der Waals surface area (Å²) in [5, 5.41) is 10.6. The number of fused-ring (bicyclic) bond motifs is 1. The Morgan fingerprint density at radius 2 is 2.00 bits per heavy atom. The van der Waals surface area contributed by atoms with Gasteiger partial charge in [-0.05, 0) is 48.0 Å². The number of amides is 1. The molecule has 0 spiro atoms. The molecule has 36 heavy (non-hydrogen) atoms. The number of aryl methyl sites for hydroxylation is 1. The highest BCUT2D eigenvalue weighted by atomic mass is 79.9. The molecule has 0 aliphatic heterocycles. The number of benzene rings is 1. The van der Waals surface area contributed by atoms with Gasteiger partial charge in [-0.2, -0.15) is 23.4 Å². The molecule has 9 nitrogen and oxygen atoms in total. The zero-order valence-electron chi connectivity index (χ0n) is 19.1. The fourth-order valence-electron chi connectivity index (χ4n) is 3.57. The Morgan fingerprint density at radius 3 is 2.69 bits per heavy atom. The van der Waals surface area contributed by atoms with Crippen LogP contribution < -0.4 is 5.32 Å². The van der Waals surface area contributed by atoms with E-state index >= 15 is 0 Å². The molecular weight excluding hydrogens is 545 g/mol. The first kappa shape index (κ1) is 25.4. The molecule has 0 unspecified atom stereocenters. The van der Waals surface area contributed by atoms with Crippen LogP contribution >= 0.6 is 15.9 Å². The van der Waals surface area contributed by atoms with E-state index in [0.29, 0.717) is 22.6 Å². The number of halogens is 4. The molecule has 3 heterocycles. The molecule has 3 aromatic heterocycles. The normalized spacial score (nSPS) is 11.6. The van der Waals surface area contributed by atoms with Crippen molar-refractivity contribution in [3.63, 3.8) is 0 Å². The molecule has 0 saturated carbocycles. The average Bonchev–Trinajstić information content (AvgIpc) is 3.39. The van der Waals surface area contributed by atoms with E-state index in [1.165, 1.54) is 17.6 Å². The van der Waals surface area contributed by atoms with E-state index in [4.69, 9.17) is 4.74 Å². The number of nitrogens with one attached hydrogen (secondary N) is 1. The van der Waals surface area contributed by atoms with Gasteiger partial charge in [0.05, 0.1) is 35.2 Å². The zero-order chi connectivity index (χ0) is 26.0. The smallest absolute Gasteiger partial charge is 0.436 e. The lowest BCUT2D eigenvalue weighted by Crippen LogP contribution is -2.16. The van der Waals surface area contributed by atoms with Gasteiger partial charge in [0, 0.05) is 23.9 Å². The lowest BCUT2D eigenvalue weighted by atomic mass is 10.1. The van der Waals surface area contributed by atoms with Crippen molar-refractivity contribution in [3.8, 4) is 11.3 Å². The van der Waals surface area contributed by atoms with Gasteiger partial charge in [-0.25, -0.2) is 14.3 Å². The number of anilines is 1. The summed E-state index contributed by atoms with van der Waals surface area (Å²) in [5.74, 6) is -0.921. The Bertz CT molecular complexity index is 1450. The van der Waals surface area contributed by atoms with Crippen LogP contribution in [0.5, 0.6) is 0 Å². The first-order valence-corrected chi connectivity index (χ1v) is 11.6. The van der Waals surface area contributed by atoms with E-state index in [2.05, 4.69) is 36.4 Å². The number of nitrogens with zero attached hydrogens (tertiary/aromatic N) is 5. The quantitative estimate of drug-likeness (QED) is 0.320. The Morgan fingerprint density at radius 1 is 1.22 bits per heavy atom. The van der Waals surface area contributed by atoms with Crippen LogP contribution in [0.3, 0.4) is 0 Å². The first-order chi connectivity index (χ1) is 17.1. The summed E-state index contributed by atoms with van der Waals surface area (Å²) in [7, 11) is 0. The number of hydrogen-bond donors (Lipinski definition) is 1. The summed E-state index contributed by atoms with van der Waals surface area (Å²) in [6.45, 7) is 3.39. The molecule has 0 bridgehead atoms. The second kappa shape index (κ2) is 10.1. The van der Waals surface area contributed by atoms with E-state index < -0.39 is 23.7 Å². The van der Waals surface area contributed by atoms with E-state index in [1.807, 2.05) is 0 Å². The molecule has 0 radical (unpaired) electrons. The Labute approximate surface area is 211 Å². The maximum absolute atomic E-state index is 13.1. The second-order valence-electron chi connectivity index (χ2n) is 7.69. The predicted molar refractivity (Wildman–Crippen MR) is 127 cm³/mol. The predicted octanol–water partition coefficient (Wildman–Crippen LogP) is 4.89. The van der Waals surface area contributed by atoms with Crippen LogP contribution in [-0.2, 0) is 22.3 Å². The van der Waals surface area contributed by atoms with Crippen molar-refractivity contribution < 1.29 is 27.5 Å². The van der Waals surface area contributed by atoms with Gasteiger partial charge in [0.15, 0.2) is 11.3 Å². The van der Waals surface area contributed by atoms with Crippen molar-refractivity contribution >= 4 is 39.1 Å². The fourth-order valence-corrected chi connectivity index (χ4v) is 4.08. The van der Waals surface area contributed by atoms with Crippen LogP contribution in [0.2, 0.25) is 0 Å². The highest BCUT2D eigenvalue weighted by molar-refractivity contribution is 9.10. The van der Waals surface area contributed by atoms with Crippen molar-refractivity contribution in [1.29, 1.82) is 0 Å².